The van der Waals surface area contributed by atoms with Crippen molar-refractivity contribution in [3.63, 3.8) is 0 Å². The van der Waals surface area contributed by atoms with Crippen molar-refractivity contribution in [2.24, 2.45) is 0 Å². The van der Waals surface area contributed by atoms with E-state index in [1.807, 2.05) is 13.5 Å². The van der Waals surface area contributed by atoms with Gasteiger partial charge in [-0.3, -0.25) is 0 Å². The van der Waals surface area contributed by atoms with Crippen LogP contribution in [0.5, 0.6) is 5.75 Å². The summed E-state index contributed by atoms with van der Waals surface area (Å²) in [7, 11) is 0.667. The minimum Gasteiger partial charge on any atom is -0.493 e. The molecule has 0 aliphatic heterocycles. The molecule has 1 heterocycles. The zero-order chi connectivity index (χ0) is 31.0. The fourth-order valence-corrected chi connectivity index (χ4v) is 6.16. The predicted octanol–water partition coefficient (Wildman–Crippen LogP) is 9.15. The molecule has 1 aromatic heterocycles. The maximum atomic E-state index is 14.3. The summed E-state index contributed by atoms with van der Waals surface area (Å²) in [6, 6.07) is 10.4. The first-order valence-electron chi connectivity index (χ1n) is 14.2. The highest BCUT2D eigenvalue weighted by atomic mass is 28.4. The van der Waals surface area contributed by atoms with Gasteiger partial charge in [0.25, 0.3) is 0 Å². The third-order valence-electron chi connectivity index (χ3n) is 7.45. The van der Waals surface area contributed by atoms with E-state index in [1.54, 1.807) is 18.2 Å². The second kappa shape index (κ2) is 14.6. The van der Waals surface area contributed by atoms with Crippen LogP contribution in [0.25, 0.3) is 22.1 Å². The Hall–Kier alpha value is -2.76. The van der Waals surface area contributed by atoms with Crippen molar-refractivity contribution >= 4 is 19.5 Å². The number of hydrogen-bond acceptors (Lipinski definition) is 5. The molecule has 2 aromatic carbocycles. The van der Waals surface area contributed by atoms with Gasteiger partial charge in [0, 0.05) is 44.1 Å². The number of rotatable bonds is 16. The summed E-state index contributed by atoms with van der Waals surface area (Å²) >= 11 is 0. The molecule has 11 heteroatoms. The van der Waals surface area contributed by atoms with E-state index in [0.717, 1.165) is 25.3 Å². The Labute approximate surface area is 244 Å². The molecule has 0 amide bonds. The fraction of sp³-hybridized carbons (Fsp3) is 0.516. The van der Waals surface area contributed by atoms with Crippen molar-refractivity contribution in [3.05, 3.63) is 64.0 Å². The first kappa shape index (κ1) is 33.7. The average Bonchev–Trinajstić information content (AvgIpc) is 2.94. The van der Waals surface area contributed by atoms with Gasteiger partial charge in [0.2, 0.25) is 5.92 Å². The van der Waals surface area contributed by atoms with Crippen LogP contribution in [-0.4, -0.2) is 35.3 Å². The van der Waals surface area contributed by atoms with Crippen LogP contribution in [0.4, 0.5) is 22.0 Å². The Morgan fingerprint density at radius 1 is 0.857 bits per heavy atom. The summed E-state index contributed by atoms with van der Waals surface area (Å²) in [4.78, 5) is 12.8. The van der Waals surface area contributed by atoms with Gasteiger partial charge < -0.3 is 18.0 Å². The van der Waals surface area contributed by atoms with Gasteiger partial charge >= 0.3 is 20.4 Å². The number of benzene rings is 2. The number of halogens is 5. The molecule has 0 bridgehead atoms. The van der Waals surface area contributed by atoms with Crippen molar-refractivity contribution in [1.29, 1.82) is 0 Å². The normalized spacial score (nSPS) is 12.7. The van der Waals surface area contributed by atoms with E-state index in [9.17, 15) is 26.7 Å². The van der Waals surface area contributed by atoms with Crippen LogP contribution in [0.3, 0.4) is 0 Å². The molecule has 0 saturated carbocycles. The van der Waals surface area contributed by atoms with Crippen LogP contribution in [0.1, 0.15) is 63.0 Å². The van der Waals surface area contributed by atoms with Gasteiger partial charge in [-0.25, -0.2) is 13.6 Å². The second-order valence-electron chi connectivity index (χ2n) is 10.7. The van der Waals surface area contributed by atoms with Gasteiger partial charge in [-0.2, -0.15) is 13.2 Å². The topological polar surface area (TPSA) is 57.9 Å². The van der Waals surface area contributed by atoms with Gasteiger partial charge in [-0.1, -0.05) is 31.9 Å². The average molecular weight is 615 g/mol. The number of alkyl halides is 5. The molecular formula is C31H39F5O5Si. The molecule has 0 aliphatic carbocycles. The summed E-state index contributed by atoms with van der Waals surface area (Å²) in [5.41, 5.74) is -1.54. The Bertz CT molecular complexity index is 1370. The van der Waals surface area contributed by atoms with E-state index in [2.05, 4.69) is 0 Å². The molecule has 3 rings (SSSR count). The molecule has 0 saturated heterocycles. The van der Waals surface area contributed by atoms with Crippen LogP contribution in [0.2, 0.25) is 12.6 Å². The molecule has 232 valence electrons. The van der Waals surface area contributed by atoms with Gasteiger partial charge in [0.15, 0.2) is 0 Å². The van der Waals surface area contributed by atoms with Crippen LogP contribution < -0.4 is 10.4 Å². The molecule has 0 radical (unpaired) electrons. The van der Waals surface area contributed by atoms with E-state index in [1.165, 1.54) is 32.4 Å². The molecule has 0 spiro atoms. The molecule has 0 fully saturated rings. The monoisotopic (exact) mass is 614 g/mol. The lowest BCUT2D eigenvalue weighted by molar-refractivity contribution is -0.137. The molecule has 5 nitrogen and oxygen atoms in total. The first-order valence-corrected chi connectivity index (χ1v) is 16.7. The summed E-state index contributed by atoms with van der Waals surface area (Å²) < 4.78 is 92.1. The van der Waals surface area contributed by atoms with Gasteiger partial charge in [-0.05, 0) is 68.1 Å². The zero-order valence-electron chi connectivity index (χ0n) is 24.5. The minimum atomic E-state index is -4.65. The van der Waals surface area contributed by atoms with Crippen LogP contribution >= 0.6 is 0 Å². The molecule has 0 N–H and O–H groups in total. The highest BCUT2D eigenvalue weighted by molar-refractivity contribution is 6.65. The van der Waals surface area contributed by atoms with Crippen molar-refractivity contribution in [2.75, 3.05) is 20.8 Å². The Balaban J connectivity index is 1.67. The molecule has 0 atom stereocenters. The number of unbranched alkanes of at least 4 members (excludes halogenated alkanes) is 2. The zero-order valence-corrected chi connectivity index (χ0v) is 25.5. The Morgan fingerprint density at radius 3 is 2.24 bits per heavy atom. The summed E-state index contributed by atoms with van der Waals surface area (Å²) in [5.74, 6) is -2.55. The van der Waals surface area contributed by atoms with Crippen LogP contribution in [0.15, 0.2) is 51.7 Å². The van der Waals surface area contributed by atoms with E-state index in [-0.39, 0.29) is 49.0 Å². The van der Waals surface area contributed by atoms with Crippen molar-refractivity contribution in [3.8, 4) is 16.9 Å². The number of aryl methyl sites for hydroxylation is 1. The molecule has 0 aliphatic rings. The highest BCUT2D eigenvalue weighted by Gasteiger charge is 2.35. The molecule has 0 unspecified atom stereocenters. The Morgan fingerprint density at radius 2 is 1.57 bits per heavy atom. The smallest absolute Gasteiger partial charge is 0.417 e. The van der Waals surface area contributed by atoms with Crippen LogP contribution in [-0.2, 0) is 21.4 Å². The first-order chi connectivity index (χ1) is 19.8. The summed E-state index contributed by atoms with van der Waals surface area (Å²) in [6.07, 6.45) is -1.71. The maximum absolute atomic E-state index is 14.3. The second-order valence-corrected chi connectivity index (χ2v) is 14.3. The maximum Gasteiger partial charge on any atom is 0.417 e. The van der Waals surface area contributed by atoms with Gasteiger partial charge in [0.1, 0.15) is 11.3 Å². The number of fused-ring (bicyclic) bond motifs is 1. The number of hydrogen-bond donors (Lipinski definition) is 0. The predicted molar refractivity (Wildman–Crippen MR) is 156 cm³/mol. The summed E-state index contributed by atoms with van der Waals surface area (Å²) in [6.45, 7) is 3.87. The van der Waals surface area contributed by atoms with E-state index >= 15 is 0 Å². The van der Waals surface area contributed by atoms with E-state index in [0.29, 0.717) is 29.2 Å². The van der Waals surface area contributed by atoms with Crippen molar-refractivity contribution in [2.45, 2.75) is 83.0 Å². The molecule has 3 aromatic rings. The van der Waals surface area contributed by atoms with Crippen LogP contribution in [0, 0.1) is 0 Å². The lowest BCUT2D eigenvalue weighted by Gasteiger charge is -2.24. The third-order valence-corrected chi connectivity index (χ3v) is 10.4. The number of ether oxygens (including phenoxy) is 1. The molecular weight excluding hydrogens is 575 g/mol. The van der Waals surface area contributed by atoms with Gasteiger partial charge in [0.05, 0.1) is 17.7 Å². The third kappa shape index (κ3) is 9.37. The standard InChI is InChI=1S/C31H39F5O5Si/c1-5-6-7-10-22-11-14-25(27(19-22)31(34,35)36)26-20-23-12-13-24(21-28(23)41-29(26)37)40-17-8-15-30(32,33)16-9-18-42(4,38-2)39-3/h11-14,19-21H,5-10,15-18H2,1-4H3. The molecule has 42 heavy (non-hydrogen) atoms. The summed E-state index contributed by atoms with van der Waals surface area (Å²) in [5, 5.41) is 0.409. The fourth-order valence-electron chi connectivity index (χ4n) is 4.77. The van der Waals surface area contributed by atoms with Gasteiger partial charge in [-0.15, -0.1) is 0 Å². The van der Waals surface area contributed by atoms with E-state index < -0.39 is 31.8 Å². The van der Waals surface area contributed by atoms with E-state index in [4.69, 9.17) is 18.0 Å². The quantitative estimate of drug-likeness (QED) is 0.0697. The largest absolute Gasteiger partial charge is 0.493 e. The Kier molecular flexibility index (Phi) is 11.7. The van der Waals surface area contributed by atoms with Crippen molar-refractivity contribution in [1.82, 2.24) is 0 Å². The van der Waals surface area contributed by atoms with Crippen molar-refractivity contribution < 1.29 is 40.0 Å². The minimum absolute atomic E-state index is 0.0194. The lowest BCUT2D eigenvalue weighted by atomic mass is 9.95. The lowest BCUT2D eigenvalue weighted by Crippen LogP contribution is -2.36. The highest BCUT2D eigenvalue weighted by Crippen LogP contribution is 2.38. The SMILES string of the molecule is CCCCCc1ccc(-c2cc3ccc(OCCCC(F)(F)CCC[Si](C)(OC)OC)cc3oc2=O)c(C(F)(F)F)c1.